The molecule has 6 amide bonds. The molecule has 0 aromatic carbocycles. The Kier molecular flexibility index (Phi) is 25.3. The van der Waals surface area contributed by atoms with Crippen LogP contribution in [0.15, 0.2) is 18.3 Å². The Bertz CT molecular complexity index is 2610. The van der Waals surface area contributed by atoms with Gasteiger partial charge in [-0.1, -0.05) is 26.3 Å². The number of esters is 1. The fourth-order valence-electron chi connectivity index (χ4n) is 11.1. The fourth-order valence-corrected chi connectivity index (χ4v) is 11.1. The number of aromatic nitrogens is 1. The Morgan fingerprint density at radius 1 is 0.682 bits per heavy atom. The molecule has 0 saturated carbocycles. The molecule has 6 unspecified atom stereocenters. The van der Waals surface area contributed by atoms with Gasteiger partial charge in [-0.3, -0.25) is 72.2 Å². The van der Waals surface area contributed by atoms with Crippen molar-refractivity contribution >= 4 is 76.6 Å². The van der Waals surface area contributed by atoms with E-state index in [4.69, 9.17) is 9.47 Å². The summed E-state index contributed by atoms with van der Waals surface area (Å²) in [5.41, 5.74) is 1.57. The van der Waals surface area contributed by atoms with Crippen LogP contribution in [0.4, 0.5) is 0 Å². The first-order valence-corrected chi connectivity index (χ1v) is 28.9. The van der Waals surface area contributed by atoms with Crippen molar-refractivity contribution in [1.29, 1.82) is 0 Å². The van der Waals surface area contributed by atoms with Crippen LogP contribution in [0.2, 0.25) is 0 Å². The maximum absolute atomic E-state index is 14.2. The van der Waals surface area contributed by atoms with E-state index in [0.29, 0.717) is 90.4 Å². The molecular weight excluding hydrogens is 1120 g/mol. The Morgan fingerprint density at radius 2 is 1.28 bits per heavy atom. The molecule has 1 aliphatic carbocycles. The number of hydrogen-bond acceptors (Lipinski definition) is 19. The van der Waals surface area contributed by atoms with Gasteiger partial charge in [-0.2, -0.15) is 0 Å². The number of aliphatic hydroxyl groups excluding tert-OH is 1. The maximum atomic E-state index is 14.2. The van der Waals surface area contributed by atoms with Gasteiger partial charge >= 0.3 is 29.8 Å². The van der Waals surface area contributed by atoms with E-state index in [9.17, 15) is 83.1 Å². The fraction of sp³-hybridized carbons (Fsp3) is 0.673. The van der Waals surface area contributed by atoms with Crippen molar-refractivity contribution in [2.24, 2.45) is 17.8 Å². The highest BCUT2D eigenvalue weighted by molar-refractivity contribution is 6.25. The predicted molar refractivity (Wildman–Crippen MR) is 296 cm³/mol. The van der Waals surface area contributed by atoms with Gasteiger partial charge in [-0.25, -0.2) is 0 Å². The molecule has 4 aliphatic heterocycles. The number of aliphatic carboxylic acids is 4. The van der Waals surface area contributed by atoms with Crippen LogP contribution in [0, 0.1) is 17.8 Å². The second-order valence-electron chi connectivity index (χ2n) is 22.4. The Morgan fingerprint density at radius 3 is 1.86 bits per heavy atom. The number of aryl methyl sites for hydroxylation is 1. The molecule has 0 bridgehead atoms. The molecule has 30 heteroatoms. The summed E-state index contributed by atoms with van der Waals surface area (Å²) in [5.74, 6) is -10.8. The highest BCUT2D eigenvalue weighted by Crippen LogP contribution is 2.35. The first kappa shape index (κ1) is 66.8. The molecule has 8 atom stereocenters. The van der Waals surface area contributed by atoms with Crippen LogP contribution in [-0.2, 0) is 80.0 Å². The number of carboxylic acids is 4. The van der Waals surface area contributed by atoms with Crippen LogP contribution in [-0.4, -0.2) is 256 Å². The monoisotopic (exact) mass is 1200 g/mol. The van der Waals surface area contributed by atoms with Gasteiger partial charge in [0, 0.05) is 83.5 Å². The van der Waals surface area contributed by atoms with E-state index in [1.54, 1.807) is 22.9 Å². The van der Waals surface area contributed by atoms with Crippen molar-refractivity contribution in [2.45, 2.75) is 121 Å². The van der Waals surface area contributed by atoms with E-state index >= 15 is 0 Å². The summed E-state index contributed by atoms with van der Waals surface area (Å²) in [7, 11) is 0. The number of ether oxygens (including phenoxy) is 2. The Balaban J connectivity index is 0.957. The number of amides is 6. The molecule has 11 N–H and O–H groups in total. The molecule has 1 aromatic rings. The number of nitrogens with zero attached hydrogens (tertiary/aromatic N) is 5. The number of nitrogens with one attached hydrogen (secondary N) is 6. The molecule has 0 radical (unpaired) electrons. The van der Waals surface area contributed by atoms with Crippen molar-refractivity contribution in [3.8, 4) is 0 Å². The molecule has 0 spiro atoms. The van der Waals surface area contributed by atoms with E-state index in [0.717, 1.165) is 5.56 Å². The number of piperidine rings is 1. The number of carboxylic acid groups (broad SMARTS) is 4. The van der Waals surface area contributed by atoms with Gasteiger partial charge in [0.25, 0.3) is 0 Å². The zero-order valence-electron chi connectivity index (χ0n) is 48.0. The lowest BCUT2D eigenvalue weighted by atomic mass is 9.85. The van der Waals surface area contributed by atoms with Crippen molar-refractivity contribution < 1.29 is 92.5 Å². The summed E-state index contributed by atoms with van der Waals surface area (Å²) in [6, 6.07) is -4.17. The summed E-state index contributed by atoms with van der Waals surface area (Å²) in [6.07, 6.45) is 2.06. The van der Waals surface area contributed by atoms with Gasteiger partial charge in [0.05, 0.1) is 50.3 Å². The van der Waals surface area contributed by atoms with Crippen LogP contribution >= 0.6 is 0 Å². The average molecular weight is 1200 g/mol. The third kappa shape index (κ3) is 20.7. The molecular formula is C55H81N11O19. The SMILES string of the molecule is CCC(C)C(NC(=O)COCCNC(=O)C(CCC(=O)O)NC(=O)C(CCC(=O)O)NC(=O)CN1CCC(CN2CCN(CC(=O)O)CCN(CC(=O)O)CC2)CC1)C(=O)N[C@H]1CCn2ccc3c2C(=C[C@@H](C(=O)NC2CC(=O)OC2O)C3)C1=O. The lowest BCUT2D eigenvalue weighted by Crippen LogP contribution is -2.55. The van der Waals surface area contributed by atoms with Crippen LogP contribution in [0.3, 0.4) is 0 Å². The highest BCUT2D eigenvalue weighted by atomic mass is 16.6. The van der Waals surface area contributed by atoms with E-state index in [-0.39, 0.29) is 76.4 Å². The van der Waals surface area contributed by atoms with Crippen LogP contribution in [0.5, 0.6) is 0 Å². The number of cyclic esters (lactones) is 1. The molecule has 5 aliphatic rings. The van der Waals surface area contributed by atoms with Gasteiger partial charge in [0.2, 0.25) is 41.7 Å². The molecule has 3 fully saturated rings. The number of aliphatic hydroxyl groups is 1. The molecule has 5 heterocycles. The van der Waals surface area contributed by atoms with Gasteiger partial charge in [-0.05, 0) is 75.1 Å². The third-order valence-corrected chi connectivity index (χ3v) is 16.0. The largest absolute Gasteiger partial charge is 0.481 e. The number of carbonyl (C=O) groups excluding carboxylic acids is 8. The van der Waals surface area contributed by atoms with Crippen molar-refractivity contribution in [3.05, 3.63) is 29.6 Å². The quantitative estimate of drug-likeness (QED) is 0.0262. The van der Waals surface area contributed by atoms with Crippen molar-refractivity contribution in [2.75, 3.05) is 98.3 Å². The zero-order valence-corrected chi connectivity index (χ0v) is 48.0. The number of hydrogen-bond donors (Lipinski definition) is 11. The first-order valence-electron chi connectivity index (χ1n) is 28.9. The van der Waals surface area contributed by atoms with Crippen LogP contribution in [0.1, 0.15) is 82.9 Å². The van der Waals surface area contributed by atoms with E-state index < -0.39 is 139 Å². The Hall–Kier alpha value is -7.38. The number of Topliss-reactive ketones (excluding diaryl/α,β-unsaturated/α-hetero) is 1. The standard InChI is InChI=1S/C55H81N11O19/c1-3-32(2)48(54(82)58-37-11-16-66-15-10-34-24-35(25-36(49(34)66)50(37)78)51(79)60-40-26-47(77)85-55(40)83)61-42(68)31-84-23-12-56-52(80)38(4-6-43(69)70)59-53(81)39(5-7-44(71)72)57-41(67)28-62-13-8-33(9-14-62)27-63-17-19-64(29-45(73)74)21-22-65(20-18-63)30-46(75)76/h10,15,25,32-33,35,37-40,48,55,83H,3-9,11-14,16-24,26-31H2,1-2H3,(H,56,80)(H,57,67)(H,58,82)(H,59,81)(H,60,79)(H,61,68)(H,69,70)(H,71,72)(H,73,74)(H,75,76)/t32?,35-,37-,38?,39?,40?,48?,55?/m0/s1. The van der Waals surface area contributed by atoms with Crippen molar-refractivity contribution in [3.63, 3.8) is 0 Å². The van der Waals surface area contributed by atoms with E-state index in [1.165, 1.54) is 6.08 Å². The van der Waals surface area contributed by atoms with Crippen molar-refractivity contribution in [1.82, 2.24) is 56.1 Å². The predicted octanol–water partition coefficient (Wildman–Crippen LogP) is -3.58. The number of rotatable bonds is 30. The average Bonchev–Trinajstić information content (AvgIpc) is 2.60. The summed E-state index contributed by atoms with van der Waals surface area (Å²) in [6.45, 7) is 7.11. The highest BCUT2D eigenvalue weighted by Gasteiger charge is 2.40. The Labute approximate surface area is 490 Å². The minimum atomic E-state index is -1.50. The van der Waals surface area contributed by atoms with Gasteiger partial charge in [0.15, 0.2) is 5.78 Å². The van der Waals surface area contributed by atoms with Gasteiger partial charge in [0.1, 0.15) is 30.8 Å². The number of ketones is 1. The molecule has 3 saturated heterocycles. The molecule has 6 rings (SSSR count). The number of likely N-dealkylation sites (tertiary alicyclic amines) is 1. The minimum absolute atomic E-state index is 0.132. The maximum Gasteiger partial charge on any atom is 0.317 e. The summed E-state index contributed by atoms with van der Waals surface area (Å²) in [5, 5.41) is 63.4. The zero-order chi connectivity index (χ0) is 61.9. The van der Waals surface area contributed by atoms with Gasteiger partial charge < -0.3 is 76.4 Å². The smallest absolute Gasteiger partial charge is 0.317 e. The number of carbonyl (C=O) groups is 12. The van der Waals surface area contributed by atoms with Crippen LogP contribution < -0.4 is 31.9 Å². The second-order valence-corrected chi connectivity index (χ2v) is 22.4. The summed E-state index contributed by atoms with van der Waals surface area (Å²) >= 11 is 0. The lowest BCUT2D eigenvalue weighted by Gasteiger charge is -2.35. The topological polar surface area (TPSA) is 415 Å². The molecule has 470 valence electrons. The van der Waals surface area contributed by atoms with E-state index in [1.807, 2.05) is 22.5 Å². The normalized spacial score (nSPS) is 22.2. The summed E-state index contributed by atoms with van der Waals surface area (Å²) in [4.78, 5) is 161. The first-order chi connectivity index (χ1) is 40.5. The summed E-state index contributed by atoms with van der Waals surface area (Å²) < 4.78 is 12.1. The minimum Gasteiger partial charge on any atom is -0.481 e. The third-order valence-electron chi connectivity index (χ3n) is 16.0. The molecule has 30 nitrogen and oxygen atoms in total. The lowest BCUT2D eigenvalue weighted by molar-refractivity contribution is -0.155. The second kappa shape index (κ2) is 32.2. The van der Waals surface area contributed by atoms with Gasteiger partial charge in [-0.15, -0.1) is 0 Å². The molecule has 1 aromatic heterocycles. The van der Waals surface area contributed by atoms with Crippen LogP contribution in [0.25, 0.3) is 5.57 Å². The van der Waals surface area contributed by atoms with E-state index in [2.05, 4.69) is 36.8 Å². The molecule has 85 heavy (non-hydrogen) atoms.